The topological polar surface area (TPSA) is 84.9 Å². The second-order valence-electron chi connectivity index (χ2n) is 7.61. The lowest BCUT2D eigenvalue weighted by Gasteiger charge is -2.26. The molecule has 7 nitrogen and oxygen atoms in total. The van der Waals surface area contributed by atoms with E-state index >= 15 is 0 Å². The molecule has 36 heavy (non-hydrogen) atoms. The van der Waals surface area contributed by atoms with Gasteiger partial charge in [0.15, 0.2) is 11.5 Å². The third-order valence-corrected chi connectivity index (χ3v) is 6.10. The molecule has 1 fully saturated rings. The highest BCUT2D eigenvalue weighted by Crippen LogP contribution is 2.32. The van der Waals surface area contributed by atoms with Gasteiger partial charge in [0.25, 0.3) is 11.8 Å². The molecule has 0 radical (unpaired) electrons. The van der Waals surface area contributed by atoms with Crippen molar-refractivity contribution in [1.82, 2.24) is 5.32 Å². The number of carbonyl (C=O) groups excluding carboxylic acids is 3. The molecular weight excluding hydrogens is 527 g/mol. The zero-order valence-electron chi connectivity index (χ0n) is 18.9. The number of nitrogens with zero attached hydrogens (tertiary/aromatic N) is 1. The zero-order valence-corrected chi connectivity index (χ0v) is 21.2. The number of nitrogens with one attached hydrogen (secondary N) is 1. The smallest absolute Gasteiger partial charge is 0.335 e. The Labute approximate surface area is 222 Å². The molecule has 0 aromatic heterocycles. The summed E-state index contributed by atoms with van der Waals surface area (Å²) >= 11 is 18.0. The van der Waals surface area contributed by atoms with E-state index in [2.05, 4.69) is 5.32 Å². The maximum atomic E-state index is 13.1. The molecule has 0 atom stereocenters. The van der Waals surface area contributed by atoms with Crippen molar-refractivity contribution in [3.05, 3.63) is 92.4 Å². The van der Waals surface area contributed by atoms with Crippen LogP contribution in [0.2, 0.25) is 15.1 Å². The highest BCUT2D eigenvalue weighted by Gasteiger charge is 2.36. The van der Waals surface area contributed by atoms with Gasteiger partial charge in [0.2, 0.25) is 0 Å². The van der Waals surface area contributed by atoms with Gasteiger partial charge >= 0.3 is 6.03 Å². The Balaban J connectivity index is 1.61. The highest BCUT2D eigenvalue weighted by molar-refractivity contribution is 6.42. The van der Waals surface area contributed by atoms with Gasteiger partial charge < -0.3 is 9.47 Å². The van der Waals surface area contributed by atoms with Crippen molar-refractivity contribution in [2.24, 2.45) is 0 Å². The molecule has 10 heteroatoms. The van der Waals surface area contributed by atoms with Gasteiger partial charge in [-0.25, -0.2) is 9.69 Å². The van der Waals surface area contributed by atoms with Gasteiger partial charge in [0.05, 0.1) is 22.3 Å². The second-order valence-corrected chi connectivity index (χ2v) is 8.86. The minimum atomic E-state index is -0.856. The normalized spacial score (nSPS) is 14.7. The number of benzene rings is 3. The van der Waals surface area contributed by atoms with Crippen LogP contribution in [-0.4, -0.2) is 24.5 Å². The number of hydrogen-bond acceptors (Lipinski definition) is 5. The molecule has 1 heterocycles. The Morgan fingerprint density at radius 2 is 1.69 bits per heavy atom. The molecule has 4 amide bonds. The van der Waals surface area contributed by atoms with Crippen LogP contribution in [0.4, 0.5) is 10.5 Å². The summed E-state index contributed by atoms with van der Waals surface area (Å²) in [6.07, 6.45) is 1.38. The van der Waals surface area contributed by atoms with Crippen molar-refractivity contribution in [1.29, 1.82) is 0 Å². The predicted octanol–water partition coefficient (Wildman–Crippen LogP) is 6.29. The van der Waals surface area contributed by atoms with Crippen LogP contribution in [0.25, 0.3) is 6.08 Å². The molecule has 1 aliphatic heterocycles. The lowest BCUT2D eigenvalue weighted by Crippen LogP contribution is -2.54. The monoisotopic (exact) mass is 544 g/mol. The van der Waals surface area contributed by atoms with E-state index in [0.717, 1.165) is 10.5 Å². The Morgan fingerprint density at radius 1 is 0.889 bits per heavy atom. The molecule has 0 unspecified atom stereocenters. The van der Waals surface area contributed by atoms with E-state index in [0.29, 0.717) is 38.7 Å². The van der Waals surface area contributed by atoms with Crippen molar-refractivity contribution in [3.63, 3.8) is 0 Å². The molecular formula is C26H19Cl3N2O5. The lowest BCUT2D eigenvalue weighted by molar-refractivity contribution is -0.122. The van der Waals surface area contributed by atoms with Crippen LogP contribution in [-0.2, 0) is 16.2 Å². The van der Waals surface area contributed by atoms with Crippen LogP contribution in [0.15, 0.2) is 66.2 Å². The molecule has 184 valence electrons. The first-order chi connectivity index (χ1) is 17.3. The molecule has 3 aromatic carbocycles. The van der Waals surface area contributed by atoms with Crippen LogP contribution >= 0.6 is 34.8 Å². The predicted molar refractivity (Wildman–Crippen MR) is 139 cm³/mol. The number of rotatable bonds is 7. The molecule has 0 spiro atoms. The average molecular weight is 546 g/mol. The van der Waals surface area contributed by atoms with Crippen LogP contribution in [0.1, 0.15) is 18.1 Å². The van der Waals surface area contributed by atoms with Crippen molar-refractivity contribution >= 4 is 64.4 Å². The number of ether oxygens (including phenoxy) is 2. The van der Waals surface area contributed by atoms with Crippen LogP contribution < -0.4 is 19.7 Å². The summed E-state index contributed by atoms with van der Waals surface area (Å²) in [5.74, 6) is -0.705. The first-order valence-corrected chi connectivity index (χ1v) is 11.9. The Kier molecular flexibility index (Phi) is 7.84. The van der Waals surface area contributed by atoms with E-state index in [1.807, 2.05) is 6.92 Å². The van der Waals surface area contributed by atoms with Gasteiger partial charge in [-0.1, -0.05) is 53.0 Å². The summed E-state index contributed by atoms with van der Waals surface area (Å²) in [6, 6.07) is 15.5. The number of amides is 4. The van der Waals surface area contributed by atoms with E-state index in [4.69, 9.17) is 44.3 Å². The summed E-state index contributed by atoms with van der Waals surface area (Å²) in [4.78, 5) is 38.9. The van der Waals surface area contributed by atoms with Gasteiger partial charge in [0, 0.05) is 5.02 Å². The van der Waals surface area contributed by atoms with Gasteiger partial charge in [-0.2, -0.15) is 0 Å². The molecule has 0 aliphatic carbocycles. The fourth-order valence-corrected chi connectivity index (χ4v) is 3.97. The molecule has 0 saturated carbocycles. The molecule has 1 aliphatic rings. The Bertz CT molecular complexity index is 1390. The number of urea groups is 1. The van der Waals surface area contributed by atoms with Gasteiger partial charge in [0.1, 0.15) is 12.2 Å². The summed E-state index contributed by atoms with van der Waals surface area (Å²) in [5.41, 5.74) is 1.33. The first-order valence-electron chi connectivity index (χ1n) is 10.8. The Hall–Kier alpha value is -3.52. The van der Waals surface area contributed by atoms with Crippen molar-refractivity contribution in [2.45, 2.75) is 13.5 Å². The SMILES string of the molecule is CCOc1cc(/C=C2\C(=O)NC(=O)N(c3cccc(Cl)c3)C2=O)ccc1OCc1ccc(Cl)c(Cl)c1. The van der Waals surface area contributed by atoms with Crippen molar-refractivity contribution in [3.8, 4) is 11.5 Å². The van der Waals surface area contributed by atoms with Crippen LogP contribution in [0, 0.1) is 0 Å². The number of imide groups is 2. The first kappa shape index (κ1) is 25.6. The quantitative estimate of drug-likeness (QED) is 0.279. The summed E-state index contributed by atoms with van der Waals surface area (Å²) in [5, 5.41) is 3.40. The van der Waals surface area contributed by atoms with Gasteiger partial charge in [-0.05, 0) is 66.6 Å². The van der Waals surface area contributed by atoms with Crippen molar-refractivity contribution in [2.75, 3.05) is 11.5 Å². The number of barbiturate groups is 1. The van der Waals surface area contributed by atoms with E-state index in [-0.39, 0.29) is 17.9 Å². The molecule has 1 N–H and O–H groups in total. The van der Waals surface area contributed by atoms with Gasteiger partial charge in [-0.15, -0.1) is 0 Å². The largest absolute Gasteiger partial charge is 0.490 e. The number of anilines is 1. The molecule has 0 bridgehead atoms. The summed E-state index contributed by atoms with van der Waals surface area (Å²) in [6.45, 7) is 2.40. The van der Waals surface area contributed by atoms with E-state index in [1.165, 1.54) is 12.1 Å². The highest BCUT2D eigenvalue weighted by atomic mass is 35.5. The van der Waals surface area contributed by atoms with Crippen LogP contribution in [0.3, 0.4) is 0 Å². The third kappa shape index (κ3) is 5.65. The fourth-order valence-electron chi connectivity index (χ4n) is 3.47. The number of carbonyl (C=O) groups is 3. The van der Waals surface area contributed by atoms with Gasteiger partial charge in [-0.3, -0.25) is 14.9 Å². The van der Waals surface area contributed by atoms with Crippen molar-refractivity contribution < 1.29 is 23.9 Å². The van der Waals surface area contributed by atoms with E-state index in [1.54, 1.807) is 54.6 Å². The van der Waals surface area contributed by atoms with Crippen LogP contribution in [0.5, 0.6) is 11.5 Å². The lowest BCUT2D eigenvalue weighted by atomic mass is 10.1. The zero-order chi connectivity index (χ0) is 25.8. The number of hydrogen-bond donors (Lipinski definition) is 1. The maximum absolute atomic E-state index is 13.1. The third-order valence-electron chi connectivity index (χ3n) is 5.13. The standard InChI is InChI=1S/C26H19Cl3N2O5/c1-2-35-23-12-15(7-9-22(23)36-14-16-6-8-20(28)21(29)11-16)10-19-24(32)30-26(34)31(25(19)33)18-5-3-4-17(27)13-18/h3-13H,2,14H2,1H3,(H,30,32,34)/b19-10+. The minimum absolute atomic E-state index is 0.217. The fraction of sp³-hybridized carbons (Fsp3) is 0.115. The molecule has 4 rings (SSSR count). The van der Waals surface area contributed by atoms with E-state index in [9.17, 15) is 14.4 Å². The number of halogens is 3. The second kappa shape index (κ2) is 11.0. The minimum Gasteiger partial charge on any atom is -0.490 e. The Morgan fingerprint density at radius 3 is 2.42 bits per heavy atom. The maximum Gasteiger partial charge on any atom is 0.335 e. The molecule has 3 aromatic rings. The summed E-state index contributed by atoms with van der Waals surface area (Å²) in [7, 11) is 0. The molecule has 1 saturated heterocycles. The van der Waals surface area contributed by atoms with E-state index < -0.39 is 17.8 Å². The summed E-state index contributed by atoms with van der Waals surface area (Å²) < 4.78 is 11.6. The average Bonchev–Trinajstić information content (AvgIpc) is 2.83.